The van der Waals surface area contributed by atoms with Crippen LogP contribution in [0.15, 0.2) is 0 Å². The van der Waals surface area contributed by atoms with Crippen LogP contribution in [0.3, 0.4) is 0 Å². The molecule has 1 fully saturated rings. The van der Waals surface area contributed by atoms with E-state index >= 15 is 0 Å². The zero-order valence-electron chi connectivity index (χ0n) is 9.84. The average Bonchev–Trinajstić information content (AvgIpc) is 2.71. The monoisotopic (exact) mass is 198 g/mol. The van der Waals surface area contributed by atoms with Crippen LogP contribution in [0.2, 0.25) is 0 Å². The molecular weight excluding hydrogens is 172 g/mol. The molecule has 0 aromatic carbocycles. The van der Waals surface area contributed by atoms with Gasteiger partial charge in [-0.2, -0.15) is 0 Å². The van der Waals surface area contributed by atoms with Gasteiger partial charge in [0.2, 0.25) is 0 Å². The van der Waals surface area contributed by atoms with E-state index in [9.17, 15) is 5.11 Å². The molecule has 0 spiro atoms. The van der Waals surface area contributed by atoms with E-state index < -0.39 is 0 Å². The van der Waals surface area contributed by atoms with E-state index in [1.807, 2.05) is 0 Å². The number of aliphatic hydroxyl groups is 1. The van der Waals surface area contributed by atoms with Gasteiger partial charge in [0.15, 0.2) is 0 Å². The molecule has 2 atom stereocenters. The highest BCUT2D eigenvalue weighted by Crippen LogP contribution is 2.33. The maximum atomic E-state index is 10.2. The second kappa shape index (κ2) is 6.44. The summed E-state index contributed by atoms with van der Waals surface area (Å²) in [5, 5.41) is 10.2. The van der Waals surface area contributed by atoms with Crippen molar-refractivity contribution in [2.45, 2.75) is 71.3 Å². The maximum Gasteiger partial charge on any atom is 0.0596 e. The molecule has 0 saturated heterocycles. The first-order valence-electron chi connectivity index (χ1n) is 6.47. The molecule has 0 aliphatic heterocycles. The molecule has 1 heteroatoms. The van der Waals surface area contributed by atoms with Gasteiger partial charge in [0.1, 0.15) is 0 Å². The van der Waals surface area contributed by atoms with Crippen molar-refractivity contribution in [3.8, 4) is 0 Å². The van der Waals surface area contributed by atoms with E-state index in [4.69, 9.17) is 0 Å². The molecule has 0 aromatic rings. The lowest BCUT2D eigenvalue weighted by atomic mass is 9.85. The van der Waals surface area contributed by atoms with E-state index in [-0.39, 0.29) is 6.10 Å². The Labute approximate surface area is 88.9 Å². The minimum Gasteiger partial charge on any atom is -0.393 e. The molecule has 84 valence electrons. The van der Waals surface area contributed by atoms with E-state index in [0.717, 1.165) is 6.42 Å². The second-order valence-electron chi connectivity index (χ2n) is 4.85. The molecule has 1 N–H and O–H groups in total. The van der Waals surface area contributed by atoms with Gasteiger partial charge in [-0.3, -0.25) is 0 Å². The van der Waals surface area contributed by atoms with Crippen LogP contribution in [0.1, 0.15) is 65.2 Å². The van der Waals surface area contributed by atoms with Gasteiger partial charge < -0.3 is 5.11 Å². The van der Waals surface area contributed by atoms with Crippen LogP contribution in [-0.2, 0) is 0 Å². The Morgan fingerprint density at radius 1 is 1.21 bits per heavy atom. The molecule has 0 bridgehead atoms. The second-order valence-corrected chi connectivity index (χ2v) is 4.85. The van der Waals surface area contributed by atoms with Crippen LogP contribution in [0.25, 0.3) is 0 Å². The molecule has 0 heterocycles. The SMILES string of the molecule is CCCCC(CC)C(O)C1CCCC1. The fourth-order valence-electron chi connectivity index (χ4n) is 2.77. The average molecular weight is 198 g/mol. The lowest BCUT2D eigenvalue weighted by Crippen LogP contribution is -2.27. The Kier molecular flexibility index (Phi) is 5.54. The summed E-state index contributed by atoms with van der Waals surface area (Å²) in [6.07, 6.45) is 10.1. The predicted octanol–water partition coefficient (Wildman–Crippen LogP) is 3.75. The molecular formula is C13H26O. The summed E-state index contributed by atoms with van der Waals surface area (Å²) < 4.78 is 0. The van der Waals surface area contributed by atoms with Crippen molar-refractivity contribution in [2.75, 3.05) is 0 Å². The molecule has 14 heavy (non-hydrogen) atoms. The molecule has 0 aromatic heterocycles. The van der Waals surface area contributed by atoms with Crippen LogP contribution in [-0.4, -0.2) is 11.2 Å². The van der Waals surface area contributed by atoms with Crippen LogP contribution in [0.4, 0.5) is 0 Å². The standard InChI is InChI=1S/C13H26O/c1-3-5-8-11(4-2)13(14)12-9-6-7-10-12/h11-14H,3-10H2,1-2H3. The third-order valence-electron chi connectivity index (χ3n) is 3.82. The van der Waals surface area contributed by atoms with Crippen molar-refractivity contribution in [1.82, 2.24) is 0 Å². The highest BCUT2D eigenvalue weighted by atomic mass is 16.3. The van der Waals surface area contributed by atoms with Gasteiger partial charge in [0, 0.05) is 0 Å². The Morgan fingerprint density at radius 2 is 1.86 bits per heavy atom. The van der Waals surface area contributed by atoms with E-state index in [2.05, 4.69) is 13.8 Å². The third-order valence-corrected chi connectivity index (χ3v) is 3.82. The van der Waals surface area contributed by atoms with Gasteiger partial charge in [-0.05, 0) is 31.1 Å². The first-order valence-corrected chi connectivity index (χ1v) is 6.47. The topological polar surface area (TPSA) is 20.2 Å². The van der Waals surface area contributed by atoms with Gasteiger partial charge in [-0.15, -0.1) is 0 Å². The predicted molar refractivity (Wildman–Crippen MR) is 61.3 cm³/mol. The summed E-state index contributed by atoms with van der Waals surface area (Å²) in [4.78, 5) is 0. The Hall–Kier alpha value is -0.0400. The van der Waals surface area contributed by atoms with Crippen molar-refractivity contribution >= 4 is 0 Å². The molecule has 1 rings (SSSR count). The van der Waals surface area contributed by atoms with Crippen molar-refractivity contribution in [3.63, 3.8) is 0 Å². The van der Waals surface area contributed by atoms with Crippen LogP contribution in [0, 0.1) is 11.8 Å². The van der Waals surface area contributed by atoms with Gasteiger partial charge in [-0.1, -0.05) is 46.0 Å². The minimum absolute atomic E-state index is 0.00551. The largest absolute Gasteiger partial charge is 0.393 e. The normalized spacial score (nSPS) is 22.5. The zero-order valence-corrected chi connectivity index (χ0v) is 9.84. The van der Waals surface area contributed by atoms with Crippen molar-refractivity contribution in [3.05, 3.63) is 0 Å². The van der Waals surface area contributed by atoms with E-state index in [0.29, 0.717) is 11.8 Å². The fourth-order valence-corrected chi connectivity index (χ4v) is 2.77. The summed E-state index contributed by atoms with van der Waals surface area (Å²) >= 11 is 0. The zero-order chi connectivity index (χ0) is 10.4. The maximum absolute atomic E-state index is 10.2. The number of hydrogen-bond donors (Lipinski definition) is 1. The number of rotatable bonds is 6. The molecule has 0 amide bonds. The minimum atomic E-state index is -0.00551. The summed E-state index contributed by atoms with van der Waals surface area (Å²) in [6, 6.07) is 0. The molecule has 1 aliphatic carbocycles. The summed E-state index contributed by atoms with van der Waals surface area (Å²) in [7, 11) is 0. The summed E-state index contributed by atoms with van der Waals surface area (Å²) in [5.74, 6) is 1.19. The highest BCUT2D eigenvalue weighted by molar-refractivity contribution is 4.79. The van der Waals surface area contributed by atoms with Crippen molar-refractivity contribution in [2.24, 2.45) is 11.8 Å². The van der Waals surface area contributed by atoms with Gasteiger partial charge >= 0.3 is 0 Å². The lowest BCUT2D eigenvalue weighted by Gasteiger charge is -2.26. The Morgan fingerprint density at radius 3 is 2.36 bits per heavy atom. The Balaban J connectivity index is 2.33. The lowest BCUT2D eigenvalue weighted by molar-refractivity contribution is 0.0458. The number of hydrogen-bond acceptors (Lipinski definition) is 1. The molecule has 1 nitrogen and oxygen atoms in total. The molecule has 1 aliphatic rings. The number of unbranched alkanes of at least 4 members (excludes halogenated alkanes) is 1. The first-order chi connectivity index (χ1) is 6.79. The van der Waals surface area contributed by atoms with Crippen LogP contribution >= 0.6 is 0 Å². The fraction of sp³-hybridized carbons (Fsp3) is 1.00. The van der Waals surface area contributed by atoms with Crippen molar-refractivity contribution < 1.29 is 5.11 Å². The van der Waals surface area contributed by atoms with E-state index in [1.165, 1.54) is 44.9 Å². The molecule has 2 unspecified atom stereocenters. The molecule has 1 saturated carbocycles. The number of aliphatic hydroxyl groups excluding tert-OH is 1. The first kappa shape index (κ1) is 12.0. The van der Waals surface area contributed by atoms with E-state index in [1.54, 1.807) is 0 Å². The summed E-state index contributed by atoms with van der Waals surface area (Å²) in [5.41, 5.74) is 0. The quantitative estimate of drug-likeness (QED) is 0.689. The Bertz CT molecular complexity index is 138. The van der Waals surface area contributed by atoms with Crippen molar-refractivity contribution in [1.29, 1.82) is 0 Å². The molecule has 0 radical (unpaired) electrons. The summed E-state index contributed by atoms with van der Waals surface area (Å²) in [6.45, 7) is 4.45. The van der Waals surface area contributed by atoms with Gasteiger partial charge in [-0.25, -0.2) is 0 Å². The smallest absolute Gasteiger partial charge is 0.0596 e. The third kappa shape index (κ3) is 3.27. The van der Waals surface area contributed by atoms with Crippen LogP contribution < -0.4 is 0 Å². The van der Waals surface area contributed by atoms with Gasteiger partial charge in [0.25, 0.3) is 0 Å². The highest BCUT2D eigenvalue weighted by Gasteiger charge is 2.28. The van der Waals surface area contributed by atoms with Crippen LogP contribution in [0.5, 0.6) is 0 Å². The van der Waals surface area contributed by atoms with Gasteiger partial charge in [0.05, 0.1) is 6.10 Å².